The Morgan fingerprint density at radius 3 is 2.50 bits per heavy atom. The third-order valence-electron chi connectivity index (χ3n) is 2.57. The van der Waals surface area contributed by atoms with Crippen molar-refractivity contribution in [3.8, 4) is 17.2 Å². The van der Waals surface area contributed by atoms with Crippen LogP contribution in [0.25, 0.3) is 0 Å². The van der Waals surface area contributed by atoms with Gasteiger partial charge in [0.2, 0.25) is 0 Å². The smallest absolute Gasteiger partial charge is 0.255 e. The van der Waals surface area contributed by atoms with Crippen LogP contribution >= 0.6 is 0 Å². The predicted molar refractivity (Wildman–Crippen MR) is 75.3 cm³/mol. The molecule has 5 nitrogen and oxygen atoms in total. The van der Waals surface area contributed by atoms with Crippen molar-refractivity contribution in [1.82, 2.24) is 0 Å². The van der Waals surface area contributed by atoms with Gasteiger partial charge in [0.15, 0.2) is 0 Å². The van der Waals surface area contributed by atoms with E-state index in [1.54, 1.807) is 24.3 Å². The molecule has 2 aromatic carbocycles. The van der Waals surface area contributed by atoms with Crippen molar-refractivity contribution in [3.05, 3.63) is 48.0 Å². The second kappa shape index (κ2) is 5.97. The molecule has 0 spiro atoms. The van der Waals surface area contributed by atoms with Crippen molar-refractivity contribution in [2.45, 2.75) is 6.92 Å². The van der Waals surface area contributed by atoms with Gasteiger partial charge in [0.1, 0.15) is 17.2 Å². The van der Waals surface area contributed by atoms with Crippen LogP contribution in [0.1, 0.15) is 17.3 Å². The van der Waals surface area contributed by atoms with Crippen molar-refractivity contribution < 1.29 is 19.7 Å². The van der Waals surface area contributed by atoms with Gasteiger partial charge in [0.05, 0.1) is 6.61 Å². The molecule has 2 aromatic rings. The van der Waals surface area contributed by atoms with E-state index in [2.05, 4.69) is 5.32 Å². The summed E-state index contributed by atoms with van der Waals surface area (Å²) >= 11 is 0. The van der Waals surface area contributed by atoms with Crippen molar-refractivity contribution in [2.24, 2.45) is 0 Å². The first kappa shape index (κ1) is 13.7. The van der Waals surface area contributed by atoms with Crippen LogP contribution in [0.5, 0.6) is 17.2 Å². The zero-order chi connectivity index (χ0) is 14.5. The molecule has 0 radical (unpaired) electrons. The van der Waals surface area contributed by atoms with Crippen molar-refractivity contribution in [2.75, 3.05) is 11.9 Å². The SMILES string of the molecule is CCOc1cccc(NC(=O)c2cc(O)cc(O)c2)c1. The monoisotopic (exact) mass is 273 g/mol. The largest absolute Gasteiger partial charge is 0.508 e. The lowest BCUT2D eigenvalue weighted by Gasteiger charge is -2.08. The highest BCUT2D eigenvalue weighted by atomic mass is 16.5. The van der Waals surface area contributed by atoms with E-state index in [0.717, 1.165) is 6.07 Å². The van der Waals surface area contributed by atoms with Crippen molar-refractivity contribution >= 4 is 11.6 Å². The third-order valence-corrected chi connectivity index (χ3v) is 2.57. The first-order valence-corrected chi connectivity index (χ1v) is 6.15. The maximum absolute atomic E-state index is 12.0. The van der Waals surface area contributed by atoms with E-state index >= 15 is 0 Å². The molecule has 1 amide bonds. The molecule has 0 saturated heterocycles. The number of rotatable bonds is 4. The molecule has 20 heavy (non-hydrogen) atoms. The van der Waals surface area contributed by atoms with Crippen LogP contribution in [-0.4, -0.2) is 22.7 Å². The average Bonchev–Trinajstić information content (AvgIpc) is 2.38. The summed E-state index contributed by atoms with van der Waals surface area (Å²) in [6, 6.07) is 10.7. The van der Waals surface area contributed by atoms with E-state index in [-0.39, 0.29) is 17.1 Å². The molecule has 0 saturated carbocycles. The molecule has 5 heteroatoms. The highest BCUT2D eigenvalue weighted by molar-refractivity contribution is 6.04. The van der Waals surface area contributed by atoms with Gasteiger partial charge >= 0.3 is 0 Å². The van der Waals surface area contributed by atoms with Crippen LogP contribution in [0.3, 0.4) is 0 Å². The summed E-state index contributed by atoms with van der Waals surface area (Å²) in [6.45, 7) is 2.42. The molecule has 0 aromatic heterocycles. The third kappa shape index (κ3) is 3.41. The van der Waals surface area contributed by atoms with Crippen molar-refractivity contribution in [1.29, 1.82) is 0 Å². The zero-order valence-electron chi connectivity index (χ0n) is 11.0. The Bertz CT molecular complexity index is 605. The Morgan fingerprint density at radius 1 is 1.15 bits per heavy atom. The molecule has 0 aliphatic rings. The molecule has 3 N–H and O–H groups in total. The number of hydrogen-bond acceptors (Lipinski definition) is 4. The molecular formula is C15H15NO4. The first-order chi connectivity index (χ1) is 9.58. The summed E-state index contributed by atoms with van der Waals surface area (Å²) in [5.74, 6) is -0.106. The fourth-order valence-corrected chi connectivity index (χ4v) is 1.76. The molecular weight excluding hydrogens is 258 g/mol. The summed E-state index contributed by atoms with van der Waals surface area (Å²) in [6.07, 6.45) is 0. The van der Waals surface area contributed by atoms with Gasteiger partial charge in [-0.15, -0.1) is 0 Å². The number of phenols is 2. The molecule has 0 fully saturated rings. The summed E-state index contributed by atoms with van der Waals surface area (Å²) in [4.78, 5) is 12.0. The van der Waals surface area contributed by atoms with Gasteiger partial charge < -0.3 is 20.3 Å². The minimum absolute atomic E-state index is 0.168. The van der Waals surface area contributed by atoms with Crippen molar-refractivity contribution in [3.63, 3.8) is 0 Å². The minimum atomic E-state index is -0.426. The maximum Gasteiger partial charge on any atom is 0.255 e. The zero-order valence-corrected chi connectivity index (χ0v) is 11.0. The highest BCUT2D eigenvalue weighted by Crippen LogP contribution is 2.22. The minimum Gasteiger partial charge on any atom is -0.508 e. The molecule has 0 bridgehead atoms. The van der Waals surface area contributed by atoms with Gasteiger partial charge in [-0.05, 0) is 31.2 Å². The molecule has 2 rings (SSSR count). The average molecular weight is 273 g/mol. The summed E-state index contributed by atoms with van der Waals surface area (Å²) in [5.41, 5.74) is 0.744. The Labute approximate surface area is 116 Å². The standard InChI is InChI=1S/C15H15NO4/c1-2-20-14-5-3-4-11(8-14)16-15(19)10-6-12(17)9-13(18)7-10/h3-9,17-18H,2H2,1H3,(H,16,19). The van der Waals surface area contributed by atoms with Gasteiger partial charge in [-0.1, -0.05) is 6.07 Å². The summed E-state index contributed by atoms with van der Waals surface area (Å²) in [5, 5.41) is 21.4. The maximum atomic E-state index is 12.0. The van der Waals surface area contributed by atoms with E-state index < -0.39 is 5.91 Å². The number of hydrogen-bond donors (Lipinski definition) is 3. The Morgan fingerprint density at radius 2 is 1.85 bits per heavy atom. The van der Waals surface area contributed by atoms with Gasteiger partial charge in [-0.25, -0.2) is 0 Å². The predicted octanol–water partition coefficient (Wildman–Crippen LogP) is 2.75. The topological polar surface area (TPSA) is 78.8 Å². The highest BCUT2D eigenvalue weighted by Gasteiger charge is 2.09. The fourth-order valence-electron chi connectivity index (χ4n) is 1.76. The number of phenolic OH excluding ortho intramolecular Hbond substituents is 2. The van der Waals surface area contributed by atoms with Gasteiger partial charge in [0.25, 0.3) is 5.91 Å². The number of carbonyl (C=O) groups is 1. The molecule has 0 unspecified atom stereocenters. The number of aromatic hydroxyl groups is 2. The lowest BCUT2D eigenvalue weighted by Crippen LogP contribution is -2.11. The Balaban J connectivity index is 2.16. The molecule has 0 aliphatic carbocycles. The molecule has 0 aliphatic heterocycles. The van der Waals surface area contributed by atoms with Gasteiger partial charge in [0, 0.05) is 23.4 Å². The normalized spacial score (nSPS) is 10.1. The fraction of sp³-hybridized carbons (Fsp3) is 0.133. The summed E-state index contributed by atoms with van der Waals surface area (Å²) in [7, 11) is 0. The number of ether oxygens (including phenoxy) is 1. The second-order valence-corrected chi connectivity index (χ2v) is 4.15. The number of amides is 1. The number of benzene rings is 2. The number of nitrogens with one attached hydrogen (secondary N) is 1. The van der Waals surface area contributed by atoms with Crippen LogP contribution < -0.4 is 10.1 Å². The van der Waals surface area contributed by atoms with Crippen LogP contribution in [0.2, 0.25) is 0 Å². The van der Waals surface area contributed by atoms with E-state index in [1.165, 1.54) is 12.1 Å². The Kier molecular flexibility index (Phi) is 4.10. The lowest BCUT2D eigenvalue weighted by atomic mass is 10.2. The lowest BCUT2D eigenvalue weighted by molar-refractivity contribution is 0.102. The molecule has 104 valence electrons. The quantitative estimate of drug-likeness (QED) is 0.800. The van der Waals surface area contributed by atoms with E-state index in [0.29, 0.717) is 18.0 Å². The molecule has 0 heterocycles. The van der Waals surface area contributed by atoms with Crippen LogP contribution in [0.4, 0.5) is 5.69 Å². The van der Waals surface area contributed by atoms with E-state index in [1.807, 2.05) is 6.92 Å². The van der Waals surface area contributed by atoms with Gasteiger partial charge in [-0.2, -0.15) is 0 Å². The van der Waals surface area contributed by atoms with Crippen LogP contribution in [0, 0.1) is 0 Å². The number of carbonyl (C=O) groups excluding carboxylic acids is 1. The van der Waals surface area contributed by atoms with Crippen LogP contribution in [0.15, 0.2) is 42.5 Å². The summed E-state index contributed by atoms with van der Waals surface area (Å²) < 4.78 is 5.34. The van der Waals surface area contributed by atoms with Gasteiger partial charge in [-0.3, -0.25) is 4.79 Å². The first-order valence-electron chi connectivity index (χ1n) is 6.15. The van der Waals surface area contributed by atoms with E-state index in [9.17, 15) is 15.0 Å². The van der Waals surface area contributed by atoms with E-state index in [4.69, 9.17) is 4.74 Å². The van der Waals surface area contributed by atoms with Crippen LogP contribution in [-0.2, 0) is 0 Å². The number of anilines is 1. The second-order valence-electron chi connectivity index (χ2n) is 4.15. The Hall–Kier alpha value is -2.69. The molecule has 0 atom stereocenters.